The van der Waals surface area contributed by atoms with Crippen LogP contribution in [0.25, 0.3) is 10.9 Å². The normalized spacial score (nSPS) is 10.9. The number of rotatable bonds is 3. The number of aromatic nitrogens is 2. The molecule has 3 rings (SSSR count). The van der Waals surface area contributed by atoms with Gasteiger partial charge in [0, 0.05) is 5.56 Å². The average molecular weight is 284 g/mol. The highest BCUT2D eigenvalue weighted by molar-refractivity contribution is 5.86. The minimum absolute atomic E-state index is 0.105. The topological polar surface area (TPSA) is 85.3 Å². The Morgan fingerprint density at radius 3 is 2.86 bits per heavy atom. The van der Waals surface area contributed by atoms with E-state index in [1.807, 2.05) is 6.07 Å². The van der Waals surface area contributed by atoms with Crippen molar-refractivity contribution in [3.63, 3.8) is 0 Å². The SMILES string of the molecule is Cc1cc(Cn2cnc3ccccc3c2=O)oc1C(=O)O. The molecular formula is C15H12N2O4. The monoisotopic (exact) mass is 284 g/mol. The van der Waals surface area contributed by atoms with Gasteiger partial charge in [-0.3, -0.25) is 9.36 Å². The van der Waals surface area contributed by atoms with Crippen LogP contribution in [0.15, 0.2) is 45.9 Å². The Morgan fingerprint density at radius 1 is 1.38 bits per heavy atom. The molecule has 0 aliphatic carbocycles. The number of benzene rings is 1. The fourth-order valence-corrected chi connectivity index (χ4v) is 2.22. The van der Waals surface area contributed by atoms with Crippen molar-refractivity contribution in [2.45, 2.75) is 13.5 Å². The second-order valence-corrected chi connectivity index (χ2v) is 4.72. The number of furan rings is 1. The Hall–Kier alpha value is -2.89. The van der Waals surface area contributed by atoms with E-state index in [9.17, 15) is 9.59 Å². The molecule has 0 unspecified atom stereocenters. The summed E-state index contributed by atoms with van der Waals surface area (Å²) in [5, 5.41) is 9.48. The first kappa shape index (κ1) is 13.1. The Balaban J connectivity index is 2.02. The molecule has 1 aromatic carbocycles. The Morgan fingerprint density at radius 2 is 2.14 bits per heavy atom. The Bertz CT molecular complexity index is 892. The van der Waals surface area contributed by atoms with E-state index in [0.717, 1.165) is 0 Å². The van der Waals surface area contributed by atoms with E-state index < -0.39 is 5.97 Å². The van der Waals surface area contributed by atoms with Crippen molar-refractivity contribution >= 4 is 16.9 Å². The summed E-state index contributed by atoms with van der Waals surface area (Å²) in [5.41, 5.74) is 0.964. The molecule has 0 saturated carbocycles. The van der Waals surface area contributed by atoms with Crippen molar-refractivity contribution < 1.29 is 14.3 Å². The molecule has 0 saturated heterocycles. The van der Waals surface area contributed by atoms with Crippen LogP contribution in [0.5, 0.6) is 0 Å². The van der Waals surface area contributed by atoms with Gasteiger partial charge in [0.05, 0.1) is 23.8 Å². The summed E-state index contributed by atoms with van der Waals surface area (Å²) in [6, 6.07) is 8.67. The summed E-state index contributed by atoms with van der Waals surface area (Å²) in [7, 11) is 0. The van der Waals surface area contributed by atoms with E-state index >= 15 is 0 Å². The van der Waals surface area contributed by atoms with Crippen LogP contribution >= 0.6 is 0 Å². The fraction of sp³-hybridized carbons (Fsp3) is 0.133. The molecule has 0 aliphatic rings. The van der Waals surface area contributed by atoms with Gasteiger partial charge < -0.3 is 9.52 Å². The van der Waals surface area contributed by atoms with Crippen molar-refractivity contribution in [1.82, 2.24) is 9.55 Å². The molecule has 0 fully saturated rings. The van der Waals surface area contributed by atoms with Gasteiger partial charge >= 0.3 is 5.97 Å². The van der Waals surface area contributed by atoms with Crippen LogP contribution in [0.4, 0.5) is 0 Å². The molecule has 21 heavy (non-hydrogen) atoms. The summed E-state index contributed by atoms with van der Waals surface area (Å²) in [4.78, 5) is 27.5. The maximum atomic E-state index is 12.3. The lowest BCUT2D eigenvalue weighted by Crippen LogP contribution is -2.20. The molecule has 2 heterocycles. The van der Waals surface area contributed by atoms with E-state index in [-0.39, 0.29) is 17.9 Å². The molecule has 0 spiro atoms. The summed E-state index contributed by atoms with van der Waals surface area (Å²) in [6.07, 6.45) is 1.43. The predicted octanol–water partition coefficient (Wildman–Crippen LogP) is 2.04. The molecule has 6 heteroatoms. The van der Waals surface area contributed by atoms with E-state index in [2.05, 4.69) is 4.98 Å². The highest BCUT2D eigenvalue weighted by Crippen LogP contribution is 2.15. The molecule has 2 aromatic heterocycles. The molecule has 0 aliphatic heterocycles. The predicted molar refractivity (Wildman–Crippen MR) is 75.5 cm³/mol. The van der Waals surface area contributed by atoms with Crippen molar-refractivity contribution in [3.8, 4) is 0 Å². The maximum Gasteiger partial charge on any atom is 0.372 e. The van der Waals surface area contributed by atoms with Crippen molar-refractivity contribution in [1.29, 1.82) is 0 Å². The number of aromatic carboxylic acids is 1. The number of fused-ring (bicyclic) bond motifs is 1. The molecule has 3 aromatic rings. The number of carboxylic acid groups (broad SMARTS) is 1. The molecule has 1 N–H and O–H groups in total. The first-order valence-corrected chi connectivity index (χ1v) is 6.33. The maximum absolute atomic E-state index is 12.3. The summed E-state index contributed by atoms with van der Waals surface area (Å²) < 4.78 is 6.65. The van der Waals surface area contributed by atoms with Gasteiger partial charge in [0.1, 0.15) is 5.76 Å². The largest absolute Gasteiger partial charge is 0.475 e. The molecule has 0 radical (unpaired) electrons. The second kappa shape index (κ2) is 4.90. The number of nitrogens with zero attached hydrogens (tertiary/aromatic N) is 2. The quantitative estimate of drug-likeness (QED) is 0.795. The van der Waals surface area contributed by atoms with E-state index in [0.29, 0.717) is 22.2 Å². The average Bonchev–Trinajstić information content (AvgIpc) is 2.83. The van der Waals surface area contributed by atoms with E-state index in [4.69, 9.17) is 9.52 Å². The molecule has 0 bridgehead atoms. The molecule has 0 amide bonds. The first-order valence-electron chi connectivity index (χ1n) is 6.33. The smallest absolute Gasteiger partial charge is 0.372 e. The molecule has 106 valence electrons. The van der Waals surface area contributed by atoms with Gasteiger partial charge in [-0.1, -0.05) is 12.1 Å². The lowest BCUT2D eigenvalue weighted by atomic mass is 10.2. The molecule has 0 atom stereocenters. The van der Waals surface area contributed by atoms with Crippen molar-refractivity contribution in [2.75, 3.05) is 0 Å². The van der Waals surface area contributed by atoms with E-state index in [1.165, 1.54) is 10.9 Å². The Kier molecular flexibility index (Phi) is 3.06. The van der Waals surface area contributed by atoms with Crippen LogP contribution in [0.1, 0.15) is 21.9 Å². The number of carboxylic acids is 1. The number of hydrogen-bond acceptors (Lipinski definition) is 4. The van der Waals surface area contributed by atoms with Crippen LogP contribution < -0.4 is 5.56 Å². The summed E-state index contributed by atoms with van der Waals surface area (Å²) in [6.45, 7) is 1.79. The highest BCUT2D eigenvalue weighted by atomic mass is 16.4. The van der Waals surface area contributed by atoms with Crippen LogP contribution in [-0.2, 0) is 6.54 Å². The first-order chi connectivity index (χ1) is 10.1. The van der Waals surface area contributed by atoms with Gasteiger partial charge in [0.25, 0.3) is 5.56 Å². The van der Waals surface area contributed by atoms with Gasteiger partial charge in [-0.05, 0) is 25.1 Å². The molecular weight excluding hydrogens is 272 g/mol. The third-order valence-corrected chi connectivity index (χ3v) is 3.22. The minimum atomic E-state index is -1.12. The zero-order valence-corrected chi connectivity index (χ0v) is 11.2. The summed E-state index contributed by atoms with van der Waals surface area (Å²) >= 11 is 0. The number of hydrogen-bond donors (Lipinski definition) is 1. The van der Waals surface area contributed by atoms with Crippen molar-refractivity contribution in [3.05, 3.63) is 64.1 Å². The fourth-order valence-electron chi connectivity index (χ4n) is 2.22. The lowest BCUT2D eigenvalue weighted by molar-refractivity contribution is 0.0659. The van der Waals surface area contributed by atoms with E-state index in [1.54, 1.807) is 31.2 Å². The van der Waals surface area contributed by atoms with Gasteiger partial charge in [-0.25, -0.2) is 9.78 Å². The minimum Gasteiger partial charge on any atom is -0.475 e. The number of carbonyl (C=O) groups is 1. The van der Waals surface area contributed by atoms with Gasteiger partial charge in [-0.2, -0.15) is 0 Å². The molecule has 6 nitrogen and oxygen atoms in total. The van der Waals surface area contributed by atoms with Crippen molar-refractivity contribution in [2.24, 2.45) is 0 Å². The summed E-state index contributed by atoms with van der Waals surface area (Å²) in [5.74, 6) is -0.821. The van der Waals surface area contributed by atoms with Crippen LogP contribution in [0.2, 0.25) is 0 Å². The Labute approximate surface area is 119 Å². The van der Waals surface area contributed by atoms with Crippen LogP contribution in [-0.4, -0.2) is 20.6 Å². The second-order valence-electron chi connectivity index (χ2n) is 4.72. The van der Waals surface area contributed by atoms with Gasteiger partial charge in [0.15, 0.2) is 0 Å². The third-order valence-electron chi connectivity index (χ3n) is 3.22. The number of aryl methyl sites for hydroxylation is 1. The third kappa shape index (κ3) is 2.31. The lowest BCUT2D eigenvalue weighted by Gasteiger charge is -2.04. The zero-order valence-electron chi connectivity index (χ0n) is 11.2. The van der Waals surface area contributed by atoms with Crippen LogP contribution in [0.3, 0.4) is 0 Å². The van der Waals surface area contributed by atoms with Gasteiger partial charge in [-0.15, -0.1) is 0 Å². The highest BCUT2D eigenvalue weighted by Gasteiger charge is 2.15. The van der Waals surface area contributed by atoms with Crippen LogP contribution in [0, 0.1) is 6.92 Å². The standard InChI is InChI=1S/C15H12N2O4/c1-9-6-10(21-13(9)15(19)20)7-17-8-16-12-5-3-2-4-11(12)14(17)18/h2-6,8H,7H2,1H3,(H,19,20). The van der Waals surface area contributed by atoms with Gasteiger partial charge in [0.2, 0.25) is 5.76 Å². The number of para-hydroxylation sites is 1. The zero-order chi connectivity index (χ0) is 15.0.